The van der Waals surface area contributed by atoms with Gasteiger partial charge in [0.15, 0.2) is 11.0 Å². The second kappa shape index (κ2) is 7.59. The van der Waals surface area contributed by atoms with Gasteiger partial charge in [-0.3, -0.25) is 0 Å². The monoisotopic (exact) mass is 277 g/mol. The minimum absolute atomic E-state index is 1.07. The normalized spacial score (nSPS) is 11.3. The molecule has 2 aromatic rings. The smallest absolute Gasteiger partial charge is 0.230 e. The highest BCUT2D eigenvalue weighted by molar-refractivity contribution is 7.98. The zero-order valence-corrected chi connectivity index (χ0v) is 13.0. The molecule has 0 aliphatic heterocycles. The van der Waals surface area contributed by atoms with Gasteiger partial charge in [-0.1, -0.05) is 38.8 Å². The molecule has 0 atom stereocenters. The number of thioether (sulfide) groups is 1. The molecule has 1 aromatic heterocycles. The number of unbranched alkanes of at least 4 members (excludes halogenated alkanes) is 2. The van der Waals surface area contributed by atoms with E-state index in [1.165, 1.54) is 42.5 Å². The number of nitrogens with zero attached hydrogens (tertiary/aromatic N) is 2. The van der Waals surface area contributed by atoms with Crippen molar-refractivity contribution < 1.29 is 4.57 Å². The van der Waals surface area contributed by atoms with Gasteiger partial charge in [0, 0.05) is 0 Å². The minimum atomic E-state index is 1.07. The van der Waals surface area contributed by atoms with Crippen LogP contribution in [0.5, 0.6) is 0 Å². The number of fused-ring (bicyclic) bond motifs is 1. The Balaban J connectivity index is 2.13. The van der Waals surface area contributed by atoms with E-state index in [1.54, 1.807) is 0 Å². The molecule has 3 heteroatoms. The predicted octanol–water partition coefficient (Wildman–Crippen LogP) is 4.22. The van der Waals surface area contributed by atoms with E-state index >= 15 is 0 Å². The van der Waals surface area contributed by atoms with E-state index in [0.717, 1.165) is 12.4 Å². The van der Waals surface area contributed by atoms with Gasteiger partial charge in [0.2, 0.25) is 6.33 Å². The van der Waals surface area contributed by atoms with Crippen LogP contribution in [0.3, 0.4) is 0 Å². The molecule has 1 aromatic carbocycles. The van der Waals surface area contributed by atoms with Crippen molar-refractivity contribution in [1.82, 2.24) is 4.57 Å². The van der Waals surface area contributed by atoms with Crippen molar-refractivity contribution in [3.05, 3.63) is 30.6 Å². The van der Waals surface area contributed by atoms with Crippen LogP contribution in [0.4, 0.5) is 0 Å². The molecule has 0 radical (unpaired) electrons. The van der Waals surface area contributed by atoms with Crippen molar-refractivity contribution in [1.29, 1.82) is 0 Å². The number of rotatable bonds is 8. The second-order valence-electron chi connectivity index (χ2n) is 5.01. The molecular formula is C16H25N2S+. The molecule has 0 aliphatic carbocycles. The van der Waals surface area contributed by atoms with Gasteiger partial charge in [0.05, 0.1) is 6.54 Å². The van der Waals surface area contributed by atoms with E-state index < -0.39 is 0 Å². The fourth-order valence-corrected chi connectivity index (χ4v) is 3.29. The molecule has 0 bridgehead atoms. The molecule has 104 valence electrons. The third-order valence-electron chi connectivity index (χ3n) is 3.40. The number of imidazole rings is 1. The topological polar surface area (TPSA) is 8.81 Å². The van der Waals surface area contributed by atoms with Gasteiger partial charge in [0.25, 0.3) is 0 Å². The lowest BCUT2D eigenvalue weighted by Gasteiger charge is -1.97. The Labute approximate surface area is 120 Å². The molecule has 19 heavy (non-hydrogen) atoms. The summed E-state index contributed by atoms with van der Waals surface area (Å²) in [7, 11) is 0. The predicted molar refractivity (Wildman–Crippen MR) is 84.4 cm³/mol. The van der Waals surface area contributed by atoms with Crippen molar-refractivity contribution in [2.45, 2.75) is 52.0 Å². The standard InChI is InChI=1S/C16H25N2S/c1-3-5-11-17-13-18(14-19-12-6-4-2)16-10-8-7-9-15(16)17/h7-10,13H,3-6,11-12,14H2,1-2H3/q+1. The molecule has 2 nitrogen and oxygen atoms in total. The molecule has 0 spiro atoms. The van der Waals surface area contributed by atoms with Crippen LogP contribution in [-0.4, -0.2) is 10.3 Å². The van der Waals surface area contributed by atoms with Crippen LogP contribution in [0.15, 0.2) is 30.6 Å². The summed E-state index contributed by atoms with van der Waals surface area (Å²) in [6, 6.07) is 8.75. The number of aryl methyl sites for hydroxylation is 1. The fraction of sp³-hybridized carbons (Fsp3) is 0.562. The van der Waals surface area contributed by atoms with E-state index in [1.807, 2.05) is 11.8 Å². The number of hydrogen-bond donors (Lipinski definition) is 0. The zero-order chi connectivity index (χ0) is 13.5. The van der Waals surface area contributed by atoms with Gasteiger partial charge in [-0.2, -0.15) is 0 Å². The summed E-state index contributed by atoms with van der Waals surface area (Å²) in [4.78, 5) is 0. The first kappa shape index (κ1) is 14.4. The van der Waals surface area contributed by atoms with Crippen LogP contribution in [0.2, 0.25) is 0 Å². The minimum Gasteiger partial charge on any atom is -0.230 e. The summed E-state index contributed by atoms with van der Waals surface area (Å²) >= 11 is 2.03. The maximum atomic E-state index is 2.40. The average Bonchev–Trinajstić information content (AvgIpc) is 2.80. The first-order chi connectivity index (χ1) is 9.36. The van der Waals surface area contributed by atoms with Crippen LogP contribution < -0.4 is 4.57 Å². The van der Waals surface area contributed by atoms with Crippen LogP contribution in [0.1, 0.15) is 39.5 Å². The second-order valence-corrected chi connectivity index (χ2v) is 6.09. The third-order valence-corrected chi connectivity index (χ3v) is 4.44. The van der Waals surface area contributed by atoms with Crippen LogP contribution >= 0.6 is 11.8 Å². The van der Waals surface area contributed by atoms with Crippen LogP contribution in [-0.2, 0) is 12.4 Å². The number of hydrogen-bond acceptors (Lipinski definition) is 1. The lowest BCUT2D eigenvalue weighted by molar-refractivity contribution is -0.650. The Morgan fingerprint density at radius 1 is 1.11 bits per heavy atom. The lowest BCUT2D eigenvalue weighted by atomic mass is 10.3. The van der Waals surface area contributed by atoms with E-state index in [9.17, 15) is 0 Å². The Bertz CT molecular complexity index is 504. The zero-order valence-electron chi connectivity index (χ0n) is 12.1. The Kier molecular flexibility index (Phi) is 5.77. The average molecular weight is 277 g/mol. The molecule has 0 saturated carbocycles. The molecule has 0 N–H and O–H groups in total. The largest absolute Gasteiger partial charge is 0.245 e. The Hall–Kier alpha value is -0.960. The molecule has 0 unspecified atom stereocenters. The van der Waals surface area contributed by atoms with Crippen molar-refractivity contribution in [2.24, 2.45) is 0 Å². The van der Waals surface area contributed by atoms with Gasteiger partial charge in [-0.05, 0) is 30.7 Å². The van der Waals surface area contributed by atoms with Gasteiger partial charge in [0.1, 0.15) is 5.88 Å². The Morgan fingerprint density at radius 2 is 1.89 bits per heavy atom. The molecule has 2 rings (SSSR count). The highest BCUT2D eigenvalue weighted by Crippen LogP contribution is 2.13. The maximum Gasteiger partial charge on any atom is 0.245 e. The van der Waals surface area contributed by atoms with Gasteiger partial charge in [-0.15, -0.1) is 11.8 Å². The molecular weight excluding hydrogens is 252 g/mol. The highest BCUT2D eigenvalue weighted by Gasteiger charge is 2.14. The van der Waals surface area contributed by atoms with Crippen molar-refractivity contribution >= 4 is 22.8 Å². The molecule has 0 aliphatic rings. The van der Waals surface area contributed by atoms with Crippen molar-refractivity contribution in [3.63, 3.8) is 0 Å². The van der Waals surface area contributed by atoms with Gasteiger partial charge >= 0.3 is 0 Å². The summed E-state index contributed by atoms with van der Waals surface area (Å²) in [6.45, 7) is 5.63. The first-order valence-electron chi connectivity index (χ1n) is 7.41. The number of para-hydroxylation sites is 2. The van der Waals surface area contributed by atoms with Crippen molar-refractivity contribution in [2.75, 3.05) is 5.75 Å². The highest BCUT2D eigenvalue weighted by atomic mass is 32.2. The summed E-state index contributed by atoms with van der Waals surface area (Å²) in [5, 5.41) is 0. The summed E-state index contributed by atoms with van der Waals surface area (Å²) in [5.74, 6) is 2.33. The Morgan fingerprint density at radius 3 is 2.68 bits per heavy atom. The fourth-order valence-electron chi connectivity index (χ4n) is 2.26. The lowest BCUT2D eigenvalue weighted by Crippen LogP contribution is -2.30. The van der Waals surface area contributed by atoms with Crippen LogP contribution in [0.25, 0.3) is 11.0 Å². The van der Waals surface area contributed by atoms with E-state index in [0.29, 0.717) is 0 Å². The molecule has 1 heterocycles. The van der Waals surface area contributed by atoms with Crippen LogP contribution in [0, 0.1) is 0 Å². The molecule has 0 fully saturated rings. The summed E-state index contributed by atoms with van der Waals surface area (Å²) < 4.78 is 4.80. The number of aromatic nitrogens is 2. The summed E-state index contributed by atoms with van der Waals surface area (Å²) in [6.07, 6.45) is 7.40. The quantitative estimate of drug-likeness (QED) is 0.518. The summed E-state index contributed by atoms with van der Waals surface area (Å²) in [5.41, 5.74) is 2.73. The maximum absolute atomic E-state index is 2.40. The number of benzene rings is 1. The van der Waals surface area contributed by atoms with E-state index in [2.05, 4.69) is 53.6 Å². The third kappa shape index (κ3) is 3.75. The van der Waals surface area contributed by atoms with Gasteiger partial charge < -0.3 is 0 Å². The van der Waals surface area contributed by atoms with E-state index in [-0.39, 0.29) is 0 Å². The SMILES string of the molecule is CCCCSC[n+]1cn(CCCC)c2ccccc21. The van der Waals surface area contributed by atoms with E-state index in [4.69, 9.17) is 0 Å². The molecule has 0 saturated heterocycles. The van der Waals surface area contributed by atoms with Crippen molar-refractivity contribution in [3.8, 4) is 0 Å². The van der Waals surface area contributed by atoms with Gasteiger partial charge in [-0.25, -0.2) is 9.13 Å². The molecule has 0 amide bonds. The first-order valence-corrected chi connectivity index (χ1v) is 8.57.